The standard InChI is InChI=1S/C13H16N4O2/c1-3-11-15-12(17-14)8-13(16-11)19-10-6-4-9(18-2)5-7-10/h4-8H,3,14H2,1-2H3,(H,15,16,17). The van der Waals surface area contributed by atoms with Gasteiger partial charge < -0.3 is 14.9 Å². The molecule has 0 aliphatic heterocycles. The Labute approximate surface area is 111 Å². The minimum atomic E-state index is 0.449. The summed E-state index contributed by atoms with van der Waals surface area (Å²) in [5, 5.41) is 0. The second-order valence-corrected chi connectivity index (χ2v) is 3.78. The fraction of sp³-hybridized carbons (Fsp3) is 0.231. The van der Waals surface area contributed by atoms with Gasteiger partial charge in [-0.25, -0.2) is 10.8 Å². The summed E-state index contributed by atoms with van der Waals surface area (Å²) in [6.45, 7) is 1.97. The Balaban J connectivity index is 2.21. The molecule has 2 aromatic rings. The van der Waals surface area contributed by atoms with Gasteiger partial charge in [0, 0.05) is 12.5 Å². The summed E-state index contributed by atoms with van der Waals surface area (Å²) >= 11 is 0. The van der Waals surface area contributed by atoms with Gasteiger partial charge >= 0.3 is 0 Å². The number of rotatable bonds is 5. The maximum Gasteiger partial charge on any atom is 0.224 e. The quantitative estimate of drug-likeness (QED) is 0.633. The lowest BCUT2D eigenvalue weighted by Gasteiger charge is -2.08. The number of hydrazine groups is 1. The van der Waals surface area contributed by atoms with Crippen LogP contribution in [0, 0.1) is 0 Å². The average Bonchev–Trinajstić information content (AvgIpc) is 2.47. The van der Waals surface area contributed by atoms with Gasteiger partial charge in [-0.2, -0.15) is 4.98 Å². The van der Waals surface area contributed by atoms with Crippen molar-refractivity contribution < 1.29 is 9.47 Å². The molecule has 0 atom stereocenters. The molecule has 6 nitrogen and oxygen atoms in total. The van der Waals surface area contributed by atoms with Crippen LogP contribution in [0.15, 0.2) is 30.3 Å². The minimum Gasteiger partial charge on any atom is -0.497 e. The predicted octanol–water partition coefficient (Wildman–Crippen LogP) is 2.13. The summed E-state index contributed by atoms with van der Waals surface area (Å²) in [7, 11) is 1.62. The number of aryl methyl sites for hydroxylation is 1. The molecule has 0 aliphatic carbocycles. The fourth-order valence-corrected chi connectivity index (χ4v) is 1.52. The van der Waals surface area contributed by atoms with Gasteiger partial charge in [-0.15, -0.1) is 0 Å². The van der Waals surface area contributed by atoms with E-state index in [1.807, 2.05) is 31.2 Å². The number of anilines is 1. The fourth-order valence-electron chi connectivity index (χ4n) is 1.52. The van der Waals surface area contributed by atoms with Gasteiger partial charge in [-0.3, -0.25) is 0 Å². The van der Waals surface area contributed by atoms with Gasteiger partial charge in [-0.05, 0) is 24.3 Å². The van der Waals surface area contributed by atoms with Crippen molar-refractivity contribution >= 4 is 5.82 Å². The molecular formula is C13H16N4O2. The zero-order valence-corrected chi connectivity index (χ0v) is 10.9. The van der Waals surface area contributed by atoms with Crippen molar-refractivity contribution in [3.05, 3.63) is 36.2 Å². The van der Waals surface area contributed by atoms with Crippen LogP contribution in [0.2, 0.25) is 0 Å². The summed E-state index contributed by atoms with van der Waals surface area (Å²) in [4.78, 5) is 8.47. The van der Waals surface area contributed by atoms with Crippen LogP contribution in [0.4, 0.5) is 5.82 Å². The van der Waals surface area contributed by atoms with E-state index in [0.29, 0.717) is 29.7 Å². The molecule has 3 N–H and O–H groups in total. The molecule has 0 aliphatic rings. The van der Waals surface area contributed by atoms with Gasteiger partial charge in [0.2, 0.25) is 5.88 Å². The van der Waals surface area contributed by atoms with Crippen LogP contribution in [0.5, 0.6) is 17.4 Å². The summed E-state index contributed by atoms with van der Waals surface area (Å²) in [5.74, 6) is 8.44. The Kier molecular flexibility index (Phi) is 4.15. The Morgan fingerprint density at radius 1 is 1.16 bits per heavy atom. The SMILES string of the molecule is CCc1nc(NN)cc(Oc2ccc(OC)cc2)n1. The van der Waals surface area contributed by atoms with Gasteiger partial charge in [-0.1, -0.05) is 6.92 Å². The molecule has 1 aromatic heterocycles. The molecule has 0 fully saturated rings. The Bertz CT molecular complexity index is 521. The van der Waals surface area contributed by atoms with Crippen molar-refractivity contribution in [2.45, 2.75) is 13.3 Å². The molecule has 6 heteroatoms. The van der Waals surface area contributed by atoms with Crippen molar-refractivity contribution in [3.8, 4) is 17.4 Å². The number of nitrogens with one attached hydrogen (secondary N) is 1. The Morgan fingerprint density at radius 2 is 1.84 bits per heavy atom. The second-order valence-electron chi connectivity index (χ2n) is 3.78. The van der Waals surface area contributed by atoms with Crippen molar-refractivity contribution in [3.63, 3.8) is 0 Å². The highest BCUT2D eigenvalue weighted by Gasteiger charge is 2.05. The monoisotopic (exact) mass is 260 g/mol. The summed E-state index contributed by atoms with van der Waals surface area (Å²) < 4.78 is 10.7. The largest absolute Gasteiger partial charge is 0.497 e. The molecule has 0 saturated heterocycles. The lowest BCUT2D eigenvalue weighted by Crippen LogP contribution is -2.10. The first-order valence-electron chi connectivity index (χ1n) is 5.91. The van der Waals surface area contributed by atoms with Crippen LogP contribution in [-0.4, -0.2) is 17.1 Å². The molecule has 0 amide bonds. The van der Waals surface area contributed by atoms with E-state index < -0.39 is 0 Å². The third kappa shape index (κ3) is 3.32. The van der Waals surface area contributed by atoms with Gasteiger partial charge in [0.15, 0.2) is 0 Å². The molecule has 2 rings (SSSR count). The lowest BCUT2D eigenvalue weighted by molar-refractivity contribution is 0.412. The van der Waals surface area contributed by atoms with E-state index in [-0.39, 0.29) is 0 Å². The van der Waals surface area contributed by atoms with E-state index in [4.69, 9.17) is 15.3 Å². The minimum absolute atomic E-state index is 0.449. The normalized spacial score (nSPS) is 10.1. The van der Waals surface area contributed by atoms with E-state index in [1.165, 1.54) is 0 Å². The Morgan fingerprint density at radius 3 is 2.42 bits per heavy atom. The van der Waals surface area contributed by atoms with Crippen LogP contribution in [0.1, 0.15) is 12.7 Å². The van der Waals surface area contributed by atoms with Crippen LogP contribution >= 0.6 is 0 Å². The maximum absolute atomic E-state index is 5.66. The van der Waals surface area contributed by atoms with E-state index in [2.05, 4.69) is 15.4 Å². The number of ether oxygens (including phenoxy) is 2. The molecule has 0 radical (unpaired) electrons. The van der Waals surface area contributed by atoms with E-state index in [9.17, 15) is 0 Å². The second kappa shape index (κ2) is 6.01. The smallest absolute Gasteiger partial charge is 0.224 e. The van der Waals surface area contributed by atoms with E-state index >= 15 is 0 Å². The summed E-state index contributed by atoms with van der Waals surface area (Å²) in [5.41, 5.74) is 2.49. The maximum atomic E-state index is 5.66. The molecule has 1 heterocycles. The zero-order chi connectivity index (χ0) is 13.7. The summed E-state index contributed by atoms with van der Waals surface area (Å²) in [6, 6.07) is 8.90. The molecule has 100 valence electrons. The van der Waals surface area contributed by atoms with E-state index in [0.717, 1.165) is 5.75 Å². The van der Waals surface area contributed by atoms with Gasteiger partial charge in [0.25, 0.3) is 0 Å². The molecule has 1 aromatic carbocycles. The lowest BCUT2D eigenvalue weighted by atomic mass is 10.3. The average molecular weight is 260 g/mol. The number of hydrogen-bond donors (Lipinski definition) is 2. The highest BCUT2D eigenvalue weighted by Crippen LogP contribution is 2.23. The van der Waals surface area contributed by atoms with Gasteiger partial charge in [0.05, 0.1) is 7.11 Å². The van der Waals surface area contributed by atoms with E-state index in [1.54, 1.807) is 13.2 Å². The third-order valence-electron chi connectivity index (χ3n) is 2.49. The number of nitrogens with two attached hydrogens (primary N) is 1. The Hall–Kier alpha value is -2.34. The molecular weight excluding hydrogens is 244 g/mol. The van der Waals surface area contributed by atoms with Crippen LogP contribution < -0.4 is 20.7 Å². The highest BCUT2D eigenvalue weighted by atomic mass is 16.5. The highest BCUT2D eigenvalue weighted by molar-refractivity contribution is 5.39. The van der Waals surface area contributed by atoms with Crippen molar-refractivity contribution in [2.24, 2.45) is 5.84 Å². The van der Waals surface area contributed by atoms with Crippen molar-refractivity contribution in [1.29, 1.82) is 0 Å². The van der Waals surface area contributed by atoms with Crippen molar-refractivity contribution in [1.82, 2.24) is 9.97 Å². The molecule has 0 spiro atoms. The first kappa shape index (κ1) is 13.1. The zero-order valence-electron chi connectivity index (χ0n) is 10.9. The first-order valence-corrected chi connectivity index (χ1v) is 5.91. The molecule has 0 unspecified atom stereocenters. The topological polar surface area (TPSA) is 82.3 Å². The third-order valence-corrected chi connectivity index (χ3v) is 2.49. The molecule has 0 saturated carbocycles. The number of hydrogen-bond acceptors (Lipinski definition) is 6. The van der Waals surface area contributed by atoms with Gasteiger partial charge in [0.1, 0.15) is 23.1 Å². The number of nitrogens with zero attached hydrogens (tertiary/aromatic N) is 2. The summed E-state index contributed by atoms with van der Waals surface area (Å²) in [6.07, 6.45) is 0.703. The number of benzene rings is 1. The van der Waals surface area contributed by atoms with Crippen molar-refractivity contribution in [2.75, 3.05) is 12.5 Å². The molecule has 0 bridgehead atoms. The number of methoxy groups -OCH3 is 1. The van der Waals surface area contributed by atoms with Crippen LogP contribution in [0.25, 0.3) is 0 Å². The predicted molar refractivity (Wildman–Crippen MR) is 72.3 cm³/mol. The first-order chi connectivity index (χ1) is 9.25. The molecule has 19 heavy (non-hydrogen) atoms. The van der Waals surface area contributed by atoms with Crippen LogP contribution in [-0.2, 0) is 6.42 Å². The number of nitrogen functional groups attached to an aromatic ring is 1. The number of aromatic nitrogens is 2. The van der Waals surface area contributed by atoms with Crippen LogP contribution in [0.3, 0.4) is 0 Å².